The van der Waals surface area contributed by atoms with Crippen LogP contribution in [0, 0.1) is 5.92 Å². The van der Waals surface area contributed by atoms with Gasteiger partial charge in [-0.2, -0.15) is 0 Å². The number of aliphatic carboxylic acids is 1. The molecule has 0 heterocycles. The molecule has 10 nitrogen and oxygen atoms in total. The van der Waals surface area contributed by atoms with E-state index in [1.807, 2.05) is 0 Å². The number of amides is 3. The van der Waals surface area contributed by atoms with Crippen LogP contribution in [0.4, 0.5) is 0 Å². The molecule has 0 aliphatic heterocycles. The van der Waals surface area contributed by atoms with Crippen LogP contribution in [0.1, 0.15) is 130 Å². The summed E-state index contributed by atoms with van der Waals surface area (Å²) < 4.78 is 0. The lowest BCUT2D eigenvalue weighted by Crippen LogP contribution is -2.69. The second kappa shape index (κ2) is 19.7. The average molecular weight is 555 g/mol. The van der Waals surface area contributed by atoms with Crippen molar-refractivity contribution in [3.63, 3.8) is 0 Å². The number of carboxylic acid groups (broad SMARTS) is 1. The van der Waals surface area contributed by atoms with Gasteiger partial charge in [0.05, 0.1) is 18.5 Å². The molecule has 0 aliphatic rings. The fourth-order valence-electron chi connectivity index (χ4n) is 4.82. The molecule has 0 saturated carbocycles. The number of primary amides is 1. The van der Waals surface area contributed by atoms with Gasteiger partial charge in [0.25, 0.3) is 0 Å². The summed E-state index contributed by atoms with van der Waals surface area (Å²) in [6, 6.07) is -2.57. The number of carboxylic acids is 1. The van der Waals surface area contributed by atoms with Crippen LogP contribution < -0.4 is 17.2 Å². The number of hydrogen-bond donors (Lipinski definition) is 4. The van der Waals surface area contributed by atoms with Crippen LogP contribution in [0.5, 0.6) is 0 Å². The van der Waals surface area contributed by atoms with Crippen molar-refractivity contribution in [3.05, 3.63) is 0 Å². The van der Waals surface area contributed by atoms with Crippen LogP contribution in [0.15, 0.2) is 0 Å². The summed E-state index contributed by atoms with van der Waals surface area (Å²) in [6.07, 6.45) is 13.0. The molecule has 7 N–H and O–H groups in total. The molecule has 0 saturated heterocycles. The van der Waals surface area contributed by atoms with E-state index in [1.165, 1.54) is 58.3 Å². The molecule has 0 bridgehead atoms. The Morgan fingerprint density at radius 1 is 0.744 bits per heavy atom. The maximum absolute atomic E-state index is 13.4. The molecule has 0 spiro atoms. The minimum atomic E-state index is -2.79. The summed E-state index contributed by atoms with van der Waals surface area (Å²) in [6.45, 7) is 7.09. The van der Waals surface area contributed by atoms with E-state index >= 15 is 0 Å². The van der Waals surface area contributed by atoms with Gasteiger partial charge in [-0.15, -0.1) is 0 Å². The van der Waals surface area contributed by atoms with Gasteiger partial charge in [0.2, 0.25) is 23.3 Å². The molecule has 0 fully saturated rings. The Bertz CT molecular complexity index is 786. The van der Waals surface area contributed by atoms with Gasteiger partial charge in [-0.25, -0.2) is 4.79 Å². The monoisotopic (exact) mass is 554 g/mol. The smallest absolute Gasteiger partial charge is 0.338 e. The molecule has 0 aromatic carbocycles. The molecule has 39 heavy (non-hydrogen) atoms. The van der Waals surface area contributed by atoms with Gasteiger partial charge < -0.3 is 22.3 Å². The van der Waals surface area contributed by atoms with E-state index in [2.05, 4.69) is 6.92 Å². The van der Waals surface area contributed by atoms with Crippen molar-refractivity contribution in [2.45, 2.75) is 148 Å². The highest BCUT2D eigenvalue weighted by atomic mass is 16.4. The number of carbonyl (C=O) groups is 5. The van der Waals surface area contributed by atoms with E-state index in [-0.39, 0.29) is 18.8 Å². The first-order valence-electron chi connectivity index (χ1n) is 14.8. The molecule has 0 aromatic heterocycles. The lowest BCUT2D eigenvalue weighted by molar-refractivity contribution is -0.173. The second-order valence-corrected chi connectivity index (χ2v) is 11.3. The minimum Gasteiger partial charge on any atom is -0.479 e. The number of hydrogen-bond acceptors (Lipinski definition) is 7. The van der Waals surface area contributed by atoms with E-state index in [4.69, 9.17) is 17.2 Å². The van der Waals surface area contributed by atoms with E-state index in [0.29, 0.717) is 17.7 Å². The summed E-state index contributed by atoms with van der Waals surface area (Å²) in [4.78, 5) is 64.7. The molecule has 10 heteroatoms. The van der Waals surface area contributed by atoms with Crippen LogP contribution >= 0.6 is 0 Å². The van der Waals surface area contributed by atoms with E-state index in [1.54, 1.807) is 13.8 Å². The summed E-state index contributed by atoms with van der Waals surface area (Å²) in [5, 5.41) is 10.2. The highest BCUT2D eigenvalue weighted by Gasteiger charge is 2.57. The molecule has 0 aromatic rings. The first kappa shape index (κ1) is 36.7. The van der Waals surface area contributed by atoms with Gasteiger partial charge in [0.15, 0.2) is 5.78 Å². The van der Waals surface area contributed by atoms with Gasteiger partial charge in [-0.05, 0) is 25.7 Å². The number of rotatable bonds is 23. The zero-order valence-electron chi connectivity index (χ0n) is 24.7. The van der Waals surface area contributed by atoms with Crippen LogP contribution in [0.2, 0.25) is 0 Å². The number of carbonyl (C=O) groups excluding carboxylic acids is 4. The normalized spacial score (nSPS) is 14.4. The zero-order chi connectivity index (χ0) is 30.0. The predicted molar refractivity (Wildman–Crippen MR) is 152 cm³/mol. The first-order valence-corrected chi connectivity index (χ1v) is 14.8. The van der Waals surface area contributed by atoms with E-state index < -0.39 is 53.5 Å². The zero-order valence-corrected chi connectivity index (χ0v) is 24.7. The largest absolute Gasteiger partial charge is 0.479 e. The topological polar surface area (TPSA) is 187 Å². The van der Waals surface area contributed by atoms with E-state index in [9.17, 15) is 29.1 Å². The first-order chi connectivity index (χ1) is 18.3. The lowest BCUT2D eigenvalue weighted by atomic mass is 9.83. The molecule has 3 amide bonds. The molecular formula is C29H54N4O6. The number of nitrogens with two attached hydrogens (primary N) is 3. The Labute approximate surface area is 234 Å². The van der Waals surface area contributed by atoms with Crippen molar-refractivity contribution in [2.24, 2.45) is 23.1 Å². The Balaban J connectivity index is 5.31. The molecule has 3 unspecified atom stereocenters. The molecule has 0 aliphatic carbocycles. The Hall–Kier alpha value is -2.33. The second-order valence-electron chi connectivity index (χ2n) is 11.3. The fourth-order valence-corrected chi connectivity index (χ4v) is 4.82. The van der Waals surface area contributed by atoms with Crippen molar-refractivity contribution in [3.8, 4) is 0 Å². The van der Waals surface area contributed by atoms with Gasteiger partial charge in [0.1, 0.15) is 0 Å². The average Bonchev–Trinajstić information content (AvgIpc) is 2.84. The van der Waals surface area contributed by atoms with Gasteiger partial charge in [-0.3, -0.25) is 24.1 Å². The maximum Gasteiger partial charge on any atom is 0.338 e. The fraction of sp³-hybridized carbons (Fsp3) is 0.828. The number of imide groups is 1. The molecular weight excluding hydrogens is 500 g/mol. The summed E-state index contributed by atoms with van der Waals surface area (Å²) in [5.41, 5.74) is 14.3. The number of nitrogens with zero attached hydrogens (tertiary/aromatic N) is 1. The quantitative estimate of drug-likeness (QED) is 0.108. The SMILES string of the molecule is CCCCCCCCCCCCCCCC(=O)C(CC(N)=O)(C(=O)O)N(C(=O)C(C)N)C(=O)C(N)CC(C)C. The molecule has 0 rings (SSSR count). The Kier molecular flexibility index (Phi) is 18.5. The maximum atomic E-state index is 13.4. The van der Waals surface area contributed by atoms with Crippen LogP contribution in [0.3, 0.4) is 0 Å². The van der Waals surface area contributed by atoms with Crippen LogP contribution in [-0.4, -0.2) is 57.1 Å². The predicted octanol–water partition coefficient (Wildman–Crippen LogP) is 3.81. The van der Waals surface area contributed by atoms with E-state index in [0.717, 1.165) is 19.3 Å². The highest BCUT2D eigenvalue weighted by Crippen LogP contribution is 2.28. The standard InChI is InChI=1S/C29H54N4O6/c1-5-6-7-8-9-10-11-12-13-14-15-16-17-18-24(34)29(28(38)39,20-25(32)35)33(26(36)22(4)30)27(37)23(31)19-21(2)3/h21-23H,5-20,30-31H2,1-4H3,(H2,32,35)(H,38,39). The van der Waals surface area contributed by atoms with Crippen molar-refractivity contribution in [2.75, 3.05) is 0 Å². The summed E-state index contributed by atoms with van der Waals surface area (Å²) in [7, 11) is 0. The third kappa shape index (κ3) is 13.0. The van der Waals surface area contributed by atoms with Crippen molar-refractivity contribution in [1.29, 1.82) is 0 Å². The van der Waals surface area contributed by atoms with Crippen molar-refractivity contribution in [1.82, 2.24) is 4.90 Å². The lowest BCUT2D eigenvalue weighted by Gasteiger charge is -2.39. The summed E-state index contributed by atoms with van der Waals surface area (Å²) in [5.74, 6) is -6.08. The third-order valence-electron chi connectivity index (χ3n) is 7.01. The minimum absolute atomic E-state index is 0.0481. The molecule has 226 valence electrons. The Morgan fingerprint density at radius 2 is 1.18 bits per heavy atom. The number of unbranched alkanes of at least 4 members (excludes halogenated alkanes) is 12. The van der Waals surface area contributed by atoms with Crippen LogP contribution in [0.25, 0.3) is 0 Å². The van der Waals surface area contributed by atoms with Crippen LogP contribution in [-0.2, 0) is 24.0 Å². The molecule has 0 radical (unpaired) electrons. The van der Waals surface area contributed by atoms with Gasteiger partial charge in [-0.1, -0.05) is 97.8 Å². The summed E-state index contributed by atoms with van der Waals surface area (Å²) >= 11 is 0. The number of Topliss-reactive ketones (excluding diaryl/α,β-unsaturated/α-hetero) is 1. The number of ketones is 1. The van der Waals surface area contributed by atoms with Gasteiger partial charge in [0, 0.05) is 6.42 Å². The van der Waals surface area contributed by atoms with Gasteiger partial charge >= 0.3 is 5.97 Å². The van der Waals surface area contributed by atoms with Crippen molar-refractivity contribution >= 4 is 29.5 Å². The Morgan fingerprint density at radius 3 is 1.54 bits per heavy atom. The molecule has 3 atom stereocenters. The van der Waals surface area contributed by atoms with Crippen molar-refractivity contribution < 1.29 is 29.1 Å². The third-order valence-corrected chi connectivity index (χ3v) is 7.01. The highest BCUT2D eigenvalue weighted by molar-refractivity contribution is 6.18.